The van der Waals surface area contributed by atoms with Gasteiger partial charge in [0.1, 0.15) is 4.91 Å². The Morgan fingerprint density at radius 2 is 1.63 bits per heavy atom. The molecule has 0 fully saturated rings. The van der Waals surface area contributed by atoms with Crippen molar-refractivity contribution in [2.45, 2.75) is 18.7 Å². The molecule has 7 heteroatoms. The Hall–Kier alpha value is -3.32. The molecule has 3 aromatic rings. The van der Waals surface area contributed by atoms with E-state index in [0.29, 0.717) is 5.56 Å². The lowest BCUT2D eigenvalue weighted by molar-refractivity contribution is 0.104. The van der Waals surface area contributed by atoms with E-state index in [1.807, 2.05) is 6.92 Å². The molecule has 1 heterocycles. The number of benzene rings is 3. The minimum Gasteiger partial charge on any atom is -0.314 e. The number of carbonyl (C=O) groups excluding carboxylic acids is 1. The lowest BCUT2D eigenvalue weighted by Gasteiger charge is -2.29. The molecular weight excluding hydrogens is 408 g/mol. The highest BCUT2D eigenvalue weighted by molar-refractivity contribution is 7.96. The topological polar surface area (TPSA) is 54.5 Å². The van der Waals surface area contributed by atoms with Gasteiger partial charge in [-0.1, -0.05) is 35.9 Å². The van der Waals surface area contributed by atoms with E-state index in [9.17, 15) is 22.0 Å². The Morgan fingerprint density at radius 1 is 0.900 bits per heavy atom. The summed E-state index contributed by atoms with van der Waals surface area (Å²) in [5.74, 6) is -2.75. The number of hydrogen-bond acceptors (Lipinski definition) is 4. The molecule has 0 saturated carbocycles. The van der Waals surface area contributed by atoms with Gasteiger partial charge in [-0.05, 0) is 43.7 Å². The molecule has 0 spiro atoms. The number of ketones is 1. The number of rotatable bonds is 3. The quantitative estimate of drug-likeness (QED) is 0.539. The van der Waals surface area contributed by atoms with E-state index < -0.39 is 32.2 Å². The number of hydrogen-bond donors (Lipinski definition) is 0. The van der Waals surface area contributed by atoms with Crippen molar-refractivity contribution >= 4 is 27.0 Å². The summed E-state index contributed by atoms with van der Waals surface area (Å²) in [6.07, 6.45) is 1.17. The number of allylic oxidation sites excluding steroid dienone is 1. The van der Waals surface area contributed by atoms with Crippen LogP contribution in [0.2, 0.25) is 0 Å². The summed E-state index contributed by atoms with van der Waals surface area (Å²) in [4.78, 5) is 14.1. The molecule has 30 heavy (non-hydrogen) atoms. The summed E-state index contributed by atoms with van der Waals surface area (Å²) in [5, 5.41) is 0. The molecule has 0 bridgehead atoms. The van der Waals surface area contributed by atoms with Crippen LogP contribution in [0.15, 0.2) is 76.7 Å². The number of sulfone groups is 1. The normalized spacial score (nSPS) is 14.8. The predicted molar refractivity (Wildman–Crippen MR) is 110 cm³/mol. The van der Waals surface area contributed by atoms with Gasteiger partial charge in [-0.3, -0.25) is 4.79 Å². The molecule has 152 valence electrons. The largest absolute Gasteiger partial charge is 0.314 e. The standard InChI is InChI=1S/C23H17F2NO3S/c1-14-7-9-17(15(2)11-14)23(27)22-13-26(16-8-10-18(24)19(25)12-16)20-5-3-4-6-21(20)30(22,28)29/h3-13H,1-2H3. The summed E-state index contributed by atoms with van der Waals surface area (Å²) in [5.41, 5.74) is 2.30. The Morgan fingerprint density at radius 3 is 2.33 bits per heavy atom. The summed E-state index contributed by atoms with van der Waals surface area (Å²) < 4.78 is 53.8. The third-order valence-corrected chi connectivity index (χ3v) is 6.78. The van der Waals surface area contributed by atoms with Crippen LogP contribution in [0, 0.1) is 25.5 Å². The molecule has 1 aliphatic heterocycles. The minimum absolute atomic E-state index is 0.0784. The second kappa shape index (κ2) is 7.18. The third kappa shape index (κ3) is 3.21. The molecule has 0 N–H and O–H groups in total. The van der Waals surface area contributed by atoms with Crippen LogP contribution in [-0.2, 0) is 9.84 Å². The summed E-state index contributed by atoms with van der Waals surface area (Å²) in [6.45, 7) is 3.61. The summed E-state index contributed by atoms with van der Waals surface area (Å²) in [7, 11) is -4.11. The van der Waals surface area contributed by atoms with Gasteiger partial charge in [0.25, 0.3) is 0 Å². The zero-order chi connectivity index (χ0) is 21.6. The average Bonchev–Trinajstić information content (AvgIpc) is 2.70. The number of Topliss-reactive ketones (excluding diaryl/α,β-unsaturated/α-hetero) is 1. The zero-order valence-electron chi connectivity index (χ0n) is 16.2. The number of halogens is 2. The predicted octanol–water partition coefficient (Wildman–Crippen LogP) is 5.23. The van der Waals surface area contributed by atoms with Gasteiger partial charge in [-0.25, -0.2) is 17.2 Å². The highest BCUT2D eigenvalue weighted by Crippen LogP contribution is 2.40. The molecular formula is C23H17F2NO3S. The fourth-order valence-electron chi connectivity index (χ4n) is 3.49. The molecule has 0 aromatic heterocycles. The number of aryl methyl sites for hydroxylation is 2. The van der Waals surface area contributed by atoms with Gasteiger partial charge < -0.3 is 4.90 Å². The van der Waals surface area contributed by atoms with Crippen molar-refractivity contribution in [1.82, 2.24) is 0 Å². The van der Waals surface area contributed by atoms with E-state index in [0.717, 1.165) is 17.7 Å². The van der Waals surface area contributed by atoms with Crippen LogP contribution in [0.4, 0.5) is 20.2 Å². The molecule has 4 nitrogen and oxygen atoms in total. The van der Waals surface area contributed by atoms with Crippen LogP contribution < -0.4 is 4.90 Å². The second-order valence-corrected chi connectivity index (χ2v) is 8.97. The van der Waals surface area contributed by atoms with Crippen molar-refractivity contribution in [2.24, 2.45) is 0 Å². The molecule has 4 rings (SSSR count). The van der Waals surface area contributed by atoms with Gasteiger partial charge in [0.15, 0.2) is 11.6 Å². The van der Waals surface area contributed by atoms with E-state index in [-0.39, 0.29) is 21.8 Å². The van der Waals surface area contributed by atoms with Gasteiger partial charge in [0.05, 0.1) is 10.6 Å². The van der Waals surface area contributed by atoms with Crippen molar-refractivity contribution in [1.29, 1.82) is 0 Å². The number of para-hydroxylation sites is 1. The molecule has 3 aromatic carbocycles. The van der Waals surface area contributed by atoms with Crippen LogP contribution in [0.1, 0.15) is 21.5 Å². The first-order chi connectivity index (χ1) is 14.2. The van der Waals surface area contributed by atoms with Crippen LogP contribution in [0.25, 0.3) is 0 Å². The van der Waals surface area contributed by atoms with E-state index in [1.165, 1.54) is 23.2 Å². The minimum atomic E-state index is -4.11. The fraction of sp³-hybridized carbons (Fsp3) is 0.0870. The molecule has 0 atom stereocenters. The average molecular weight is 425 g/mol. The number of anilines is 2. The number of nitrogens with zero attached hydrogens (tertiary/aromatic N) is 1. The van der Waals surface area contributed by atoms with E-state index in [4.69, 9.17) is 0 Å². The van der Waals surface area contributed by atoms with Crippen molar-refractivity contribution in [3.8, 4) is 0 Å². The van der Waals surface area contributed by atoms with Crippen molar-refractivity contribution in [2.75, 3.05) is 4.90 Å². The molecule has 0 unspecified atom stereocenters. The molecule has 0 aliphatic carbocycles. The Bertz CT molecular complexity index is 1330. The van der Waals surface area contributed by atoms with Crippen LogP contribution in [-0.4, -0.2) is 14.2 Å². The monoisotopic (exact) mass is 425 g/mol. The fourth-order valence-corrected chi connectivity index (χ4v) is 5.02. The van der Waals surface area contributed by atoms with Crippen LogP contribution >= 0.6 is 0 Å². The number of fused-ring (bicyclic) bond motifs is 1. The first kappa shape index (κ1) is 20.0. The van der Waals surface area contributed by atoms with Gasteiger partial charge >= 0.3 is 0 Å². The Labute approximate surface area is 173 Å². The van der Waals surface area contributed by atoms with Crippen molar-refractivity contribution in [3.63, 3.8) is 0 Å². The second-order valence-electron chi connectivity index (χ2n) is 7.08. The highest BCUT2D eigenvalue weighted by Gasteiger charge is 2.36. The first-order valence-corrected chi connectivity index (χ1v) is 10.6. The summed E-state index contributed by atoms with van der Waals surface area (Å²) in [6, 6.07) is 14.5. The van der Waals surface area contributed by atoms with Crippen molar-refractivity contribution in [3.05, 3.63) is 100 Å². The SMILES string of the molecule is Cc1ccc(C(=O)C2=CN(c3ccc(F)c(F)c3)c3ccccc3S2(=O)=O)c(C)c1. The van der Waals surface area contributed by atoms with E-state index in [2.05, 4.69) is 0 Å². The lowest BCUT2D eigenvalue weighted by Crippen LogP contribution is -2.26. The highest BCUT2D eigenvalue weighted by atomic mass is 32.2. The summed E-state index contributed by atoms with van der Waals surface area (Å²) >= 11 is 0. The maximum Gasteiger partial charge on any atom is 0.214 e. The zero-order valence-corrected chi connectivity index (χ0v) is 17.0. The van der Waals surface area contributed by atoms with E-state index >= 15 is 0 Å². The maximum absolute atomic E-state index is 13.9. The third-order valence-electron chi connectivity index (χ3n) is 4.98. The van der Waals surface area contributed by atoms with Crippen LogP contribution in [0.5, 0.6) is 0 Å². The first-order valence-electron chi connectivity index (χ1n) is 9.12. The van der Waals surface area contributed by atoms with Crippen LogP contribution in [0.3, 0.4) is 0 Å². The van der Waals surface area contributed by atoms with Gasteiger partial charge in [-0.15, -0.1) is 0 Å². The maximum atomic E-state index is 13.9. The molecule has 0 saturated heterocycles. The molecule has 1 aliphatic rings. The van der Waals surface area contributed by atoms with Gasteiger partial charge in [0, 0.05) is 23.5 Å². The smallest absolute Gasteiger partial charge is 0.214 e. The van der Waals surface area contributed by atoms with Gasteiger partial charge in [0.2, 0.25) is 15.6 Å². The number of carbonyl (C=O) groups is 1. The Kier molecular flexibility index (Phi) is 4.78. The lowest BCUT2D eigenvalue weighted by atomic mass is 10.0. The molecule has 0 amide bonds. The van der Waals surface area contributed by atoms with Crippen molar-refractivity contribution < 1.29 is 22.0 Å². The Balaban J connectivity index is 1.94. The van der Waals surface area contributed by atoms with Gasteiger partial charge in [-0.2, -0.15) is 0 Å². The molecule has 0 radical (unpaired) electrons. The van der Waals surface area contributed by atoms with E-state index in [1.54, 1.807) is 43.3 Å².